The van der Waals surface area contributed by atoms with Crippen molar-refractivity contribution in [2.45, 2.75) is 20.0 Å². The highest BCUT2D eigenvalue weighted by atomic mass is 19.4. The first-order valence-corrected chi connectivity index (χ1v) is 19.5. The lowest BCUT2D eigenvalue weighted by atomic mass is 9.94. The number of para-hydroxylation sites is 2. The number of halogens is 3. The smallest absolute Gasteiger partial charge is 0.308 e. The van der Waals surface area contributed by atoms with Crippen molar-refractivity contribution in [3.63, 3.8) is 0 Å². The summed E-state index contributed by atoms with van der Waals surface area (Å²) in [6.45, 7) is 4.09. The van der Waals surface area contributed by atoms with E-state index in [0.717, 1.165) is 83.1 Å². The highest BCUT2D eigenvalue weighted by Crippen LogP contribution is 2.44. The Morgan fingerprint density at radius 2 is 0.917 bits per heavy atom. The van der Waals surface area contributed by atoms with E-state index in [9.17, 15) is 10.5 Å². The Hall–Kier alpha value is -7.87. The standard InChI is InChI=1S/C53H33F3N4/c1-32-9-7-11-35(23-32)37-18-21-43-41-13-3-5-15-47(41)59(49(43)26-37)51-28-39(40-20-17-34(30-57)25-46(40)53(54,55)56)29-52(45(51)31-58)60-48-16-6-4-14-42(48)44-22-19-38(27-50(44)60)36-12-8-10-33(2)24-36/h3-29H,1-2H3. The van der Waals surface area contributed by atoms with Gasteiger partial charge in [-0.1, -0.05) is 126 Å². The third kappa shape index (κ3) is 5.91. The number of hydrogen-bond donors (Lipinski definition) is 0. The fourth-order valence-corrected chi connectivity index (χ4v) is 8.80. The van der Waals surface area contributed by atoms with E-state index in [1.807, 2.05) is 102 Å². The topological polar surface area (TPSA) is 57.4 Å². The van der Waals surface area contributed by atoms with E-state index in [0.29, 0.717) is 11.4 Å². The zero-order valence-electron chi connectivity index (χ0n) is 32.5. The van der Waals surface area contributed by atoms with Gasteiger partial charge in [-0.2, -0.15) is 23.7 Å². The molecule has 2 heterocycles. The van der Waals surface area contributed by atoms with E-state index >= 15 is 13.2 Å². The van der Waals surface area contributed by atoms with Gasteiger partial charge in [-0.05, 0) is 95.8 Å². The molecule has 0 radical (unpaired) electrons. The van der Waals surface area contributed by atoms with Crippen LogP contribution in [0.5, 0.6) is 0 Å². The molecule has 8 aromatic carbocycles. The van der Waals surface area contributed by atoms with Gasteiger partial charge >= 0.3 is 6.18 Å². The summed E-state index contributed by atoms with van der Waals surface area (Å²) in [4.78, 5) is 0. The minimum Gasteiger partial charge on any atom is -0.308 e. The summed E-state index contributed by atoms with van der Waals surface area (Å²) < 4.78 is 49.2. The van der Waals surface area contributed by atoms with Crippen molar-refractivity contribution in [2.24, 2.45) is 0 Å². The molecule has 4 nitrogen and oxygen atoms in total. The van der Waals surface area contributed by atoms with Crippen LogP contribution in [0.25, 0.3) is 88.4 Å². The maximum absolute atomic E-state index is 15.1. The van der Waals surface area contributed by atoms with Crippen molar-refractivity contribution >= 4 is 43.6 Å². The van der Waals surface area contributed by atoms with Crippen LogP contribution in [0.4, 0.5) is 13.2 Å². The molecule has 10 aromatic rings. The van der Waals surface area contributed by atoms with Crippen molar-refractivity contribution in [2.75, 3.05) is 0 Å². The summed E-state index contributed by atoms with van der Waals surface area (Å²) in [5, 5.41) is 24.9. The number of aryl methyl sites for hydroxylation is 2. The number of nitrogens with zero attached hydrogens (tertiary/aromatic N) is 4. The van der Waals surface area contributed by atoms with Crippen LogP contribution < -0.4 is 0 Å². The van der Waals surface area contributed by atoms with Gasteiger partial charge in [0.25, 0.3) is 0 Å². The van der Waals surface area contributed by atoms with Gasteiger partial charge in [0.15, 0.2) is 0 Å². The van der Waals surface area contributed by atoms with Gasteiger partial charge in [-0.15, -0.1) is 0 Å². The number of hydrogen-bond acceptors (Lipinski definition) is 2. The Morgan fingerprint density at radius 1 is 0.433 bits per heavy atom. The molecule has 0 aliphatic carbocycles. The molecule has 286 valence electrons. The quantitative estimate of drug-likeness (QED) is 0.175. The molecule has 0 bridgehead atoms. The first kappa shape index (κ1) is 36.5. The first-order chi connectivity index (χ1) is 29.1. The van der Waals surface area contributed by atoms with Crippen LogP contribution in [-0.4, -0.2) is 9.13 Å². The number of rotatable bonds is 5. The maximum Gasteiger partial charge on any atom is 0.417 e. The minimum absolute atomic E-state index is 0.0997. The van der Waals surface area contributed by atoms with E-state index in [2.05, 4.69) is 66.7 Å². The van der Waals surface area contributed by atoms with Crippen LogP contribution in [0.1, 0.15) is 27.8 Å². The Kier molecular flexibility index (Phi) is 8.45. The molecule has 0 N–H and O–H groups in total. The molecule has 7 heteroatoms. The Bertz CT molecular complexity index is 3300. The number of benzene rings is 8. The van der Waals surface area contributed by atoms with E-state index in [1.54, 1.807) is 12.1 Å². The fraction of sp³-hybridized carbons (Fsp3) is 0.0566. The Labute approximate surface area is 343 Å². The van der Waals surface area contributed by atoms with Crippen LogP contribution in [-0.2, 0) is 6.18 Å². The third-order valence-electron chi connectivity index (χ3n) is 11.5. The minimum atomic E-state index is -4.78. The summed E-state index contributed by atoms with van der Waals surface area (Å²) in [6, 6.07) is 56.2. The lowest BCUT2D eigenvalue weighted by Gasteiger charge is -2.20. The van der Waals surface area contributed by atoms with Crippen LogP contribution in [0, 0.1) is 36.5 Å². The molecule has 0 saturated heterocycles. The largest absolute Gasteiger partial charge is 0.417 e. The van der Waals surface area contributed by atoms with Crippen LogP contribution in [0.3, 0.4) is 0 Å². The SMILES string of the molecule is Cc1cccc(-c2ccc3c4ccccc4n(-c4cc(-c5ccc(C#N)cc5C(F)(F)F)cc(-n5c6ccccc6c6ccc(-c7cccc(C)c7)cc65)c4C#N)c3c2)c1. The van der Waals surface area contributed by atoms with Crippen molar-refractivity contribution in [3.05, 3.63) is 192 Å². The molecule has 0 unspecified atom stereocenters. The van der Waals surface area contributed by atoms with Crippen molar-refractivity contribution in [1.82, 2.24) is 9.13 Å². The second-order valence-electron chi connectivity index (χ2n) is 15.3. The zero-order chi connectivity index (χ0) is 41.3. The third-order valence-corrected chi connectivity index (χ3v) is 11.5. The average Bonchev–Trinajstić information content (AvgIpc) is 3.77. The normalized spacial score (nSPS) is 11.7. The van der Waals surface area contributed by atoms with E-state index < -0.39 is 11.7 Å². The van der Waals surface area contributed by atoms with E-state index in [4.69, 9.17) is 0 Å². The zero-order valence-corrected chi connectivity index (χ0v) is 32.5. The monoisotopic (exact) mass is 782 g/mol. The van der Waals surface area contributed by atoms with Gasteiger partial charge in [0.1, 0.15) is 11.6 Å². The summed E-state index contributed by atoms with van der Waals surface area (Å²) in [5.74, 6) is 0. The second-order valence-corrected chi connectivity index (χ2v) is 15.3. The molecule has 0 saturated carbocycles. The summed E-state index contributed by atoms with van der Waals surface area (Å²) in [6.07, 6.45) is -4.78. The molecule has 0 atom stereocenters. The van der Waals surface area contributed by atoms with Gasteiger partial charge in [0.2, 0.25) is 0 Å². The lowest BCUT2D eigenvalue weighted by Crippen LogP contribution is -2.09. The van der Waals surface area contributed by atoms with Crippen molar-refractivity contribution < 1.29 is 13.2 Å². The predicted octanol–water partition coefficient (Wildman–Crippen LogP) is 14.3. The van der Waals surface area contributed by atoms with E-state index in [1.165, 1.54) is 12.1 Å². The molecule has 0 amide bonds. The van der Waals surface area contributed by atoms with Crippen molar-refractivity contribution in [1.29, 1.82) is 10.5 Å². The number of nitriles is 2. The van der Waals surface area contributed by atoms with E-state index in [-0.39, 0.29) is 22.3 Å². The molecular weight excluding hydrogens is 750 g/mol. The van der Waals surface area contributed by atoms with Crippen LogP contribution in [0.2, 0.25) is 0 Å². The van der Waals surface area contributed by atoms with Crippen molar-refractivity contribution in [3.8, 4) is 56.9 Å². The van der Waals surface area contributed by atoms with Gasteiger partial charge in [0.05, 0.1) is 50.6 Å². The first-order valence-electron chi connectivity index (χ1n) is 19.5. The molecule has 0 aliphatic rings. The highest BCUT2D eigenvalue weighted by molar-refractivity contribution is 6.12. The molecule has 0 spiro atoms. The van der Waals surface area contributed by atoms with Crippen LogP contribution >= 0.6 is 0 Å². The highest BCUT2D eigenvalue weighted by Gasteiger charge is 2.35. The summed E-state index contributed by atoms with van der Waals surface area (Å²) >= 11 is 0. The van der Waals surface area contributed by atoms with Gasteiger partial charge in [0, 0.05) is 21.5 Å². The molecule has 60 heavy (non-hydrogen) atoms. The predicted molar refractivity (Wildman–Crippen MR) is 235 cm³/mol. The lowest BCUT2D eigenvalue weighted by molar-refractivity contribution is -0.137. The van der Waals surface area contributed by atoms with Gasteiger partial charge in [-0.3, -0.25) is 0 Å². The fourth-order valence-electron chi connectivity index (χ4n) is 8.80. The van der Waals surface area contributed by atoms with Crippen LogP contribution in [0.15, 0.2) is 164 Å². The Morgan fingerprint density at radius 3 is 1.38 bits per heavy atom. The number of aromatic nitrogens is 2. The van der Waals surface area contributed by atoms with Gasteiger partial charge in [-0.25, -0.2) is 0 Å². The molecular formula is C53H33F3N4. The number of fused-ring (bicyclic) bond motifs is 6. The molecule has 10 rings (SSSR count). The summed E-state index contributed by atoms with van der Waals surface area (Å²) in [5.41, 5.74) is 9.63. The Balaban J connectivity index is 1.37. The summed E-state index contributed by atoms with van der Waals surface area (Å²) in [7, 11) is 0. The molecule has 2 aromatic heterocycles. The average molecular weight is 783 g/mol. The van der Waals surface area contributed by atoms with Gasteiger partial charge < -0.3 is 9.13 Å². The molecule has 0 fully saturated rings. The maximum atomic E-state index is 15.1. The second kappa shape index (κ2) is 13.9. The molecule has 0 aliphatic heterocycles. The number of alkyl halides is 3.